The Hall–Kier alpha value is -1.76. The van der Waals surface area contributed by atoms with Gasteiger partial charge in [0.2, 0.25) is 0 Å². The lowest BCUT2D eigenvalue weighted by atomic mass is 9.97. The van der Waals surface area contributed by atoms with Crippen LogP contribution < -0.4 is 4.74 Å². The van der Waals surface area contributed by atoms with E-state index >= 15 is 0 Å². The van der Waals surface area contributed by atoms with Crippen LogP contribution in [0, 0.1) is 13.8 Å². The van der Waals surface area contributed by atoms with Crippen LogP contribution >= 0.6 is 0 Å². The fraction of sp³-hybridized carbons (Fsp3) is 0.200. The van der Waals surface area contributed by atoms with Gasteiger partial charge in [0.25, 0.3) is 0 Å². The van der Waals surface area contributed by atoms with E-state index in [2.05, 4.69) is 44.2 Å². The van der Waals surface area contributed by atoms with E-state index in [-0.39, 0.29) is 0 Å². The molecule has 1 heteroatoms. The molecule has 0 aromatic heterocycles. The second-order valence-corrected chi connectivity index (χ2v) is 3.98. The van der Waals surface area contributed by atoms with Crippen molar-refractivity contribution >= 4 is 0 Å². The van der Waals surface area contributed by atoms with E-state index in [1.807, 2.05) is 12.1 Å². The van der Waals surface area contributed by atoms with Crippen LogP contribution in [0.15, 0.2) is 42.5 Å². The quantitative estimate of drug-likeness (QED) is 0.731. The summed E-state index contributed by atoms with van der Waals surface area (Å²) in [6, 6.07) is 14.6. The largest absolute Gasteiger partial charge is 0.497 e. The van der Waals surface area contributed by atoms with Gasteiger partial charge in [-0.05, 0) is 48.2 Å². The number of benzene rings is 2. The van der Waals surface area contributed by atoms with Gasteiger partial charge in [0.05, 0.1) is 7.11 Å². The van der Waals surface area contributed by atoms with Gasteiger partial charge in [-0.3, -0.25) is 0 Å². The van der Waals surface area contributed by atoms with Gasteiger partial charge < -0.3 is 4.74 Å². The molecule has 0 bridgehead atoms. The van der Waals surface area contributed by atoms with Crippen LogP contribution in [-0.2, 0) is 0 Å². The van der Waals surface area contributed by atoms with Crippen molar-refractivity contribution in [1.82, 2.24) is 0 Å². The number of methoxy groups -OCH3 is 1. The Morgan fingerprint density at radius 1 is 0.875 bits per heavy atom. The van der Waals surface area contributed by atoms with Crippen molar-refractivity contribution in [3.8, 4) is 16.9 Å². The maximum absolute atomic E-state index is 5.16. The van der Waals surface area contributed by atoms with E-state index in [0.717, 1.165) is 5.75 Å². The third-order valence-electron chi connectivity index (χ3n) is 3.01. The lowest BCUT2D eigenvalue weighted by Gasteiger charge is -2.09. The maximum Gasteiger partial charge on any atom is 0.118 e. The summed E-state index contributed by atoms with van der Waals surface area (Å²) < 4.78 is 5.16. The minimum atomic E-state index is 0.897. The molecule has 82 valence electrons. The highest BCUT2D eigenvalue weighted by Crippen LogP contribution is 2.26. The summed E-state index contributed by atoms with van der Waals surface area (Å²) in [5, 5.41) is 0. The lowest BCUT2D eigenvalue weighted by molar-refractivity contribution is 0.415. The van der Waals surface area contributed by atoms with Crippen LogP contribution in [0.3, 0.4) is 0 Å². The molecule has 0 aliphatic rings. The molecule has 2 aromatic rings. The summed E-state index contributed by atoms with van der Waals surface area (Å²) in [6.45, 7) is 4.30. The Bertz CT molecular complexity index is 483. The topological polar surface area (TPSA) is 9.23 Å². The highest BCUT2D eigenvalue weighted by molar-refractivity contribution is 5.68. The number of ether oxygens (including phenoxy) is 1. The molecule has 0 saturated carbocycles. The molecule has 0 N–H and O–H groups in total. The van der Waals surface area contributed by atoms with Crippen molar-refractivity contribution in [2.45, 2.75) is 13.8 Å². The molecule has 0 atom stereocenters. The van der Waals surface area contributed by atoms with Crippen LogP contribution in [-0.4, -0.2) is 7.11 Å². The standard InChI is InChI=1S/C15H16O/c1-11-5-4-6-15(12(11)2)13-7-9-14(16-3)10-8-13/h4-10H,1-3H3. The van der Waals surface area contributed by atoms with Crippen LogP contribution in [0.25, 0.3) is 11.1 Å². The van der Waals surface area contributed by atoms with Gasteiger partial charge in [0, 0.05) is 0 Å². The summed E-state index contributed by atoms with van der Waals surface area (Å²) in [6.07, 6.45) is 0. The first-order valence-corrected chi connectivity index (χ1v) is 5.43. The smallest absolute Gasteiger partial charge is 0.118 e. The first kappa shape index (κ1) is 10.7. The number of rotatable bonds is 2. The second-order valence-electron chi connectivity index (χ2n) is 3.98. The molecule has 0 aliphatic carbocycles. The first-order chi connectivity index (χ1) is 7.72. The van der Waals surface area contributed by atoms with Gasteiger partial charge in [-0.25, -0.2) is 0 Å². The predicted octanol–water partition coefficient (Wildman–Crippen LogP) is 3.98. The molecular weight excluding hydrogens is 196 g/mol. The lowest BCUT2D eigenvalue weighted by Crippen LogP contribution is -1.87. The first-order valence-electron chi connectivity index (χ1n) is 5.43. The normalized spacial score (nSPS) is 10.2. The Labute approximate surface area is 96.7 Å². The number of hydrogen-bond acceptors (Lipinski definition) is 1. The van der Waals surface area contributed by atoms with Crippen LogP contribution in [0.2, 0.25) is 0 Å². The van der Waals surface area contributed by atoms with E-state index in [1.165, 1.54) is 22.3 Å². The molecule has 2 aromatic carbocycles. The summed E-state index contributed by atoms with van der Waals surface area (Å²) >= 11 is 0. The van der Waals surface area contributed by atoms with E-state index in [1.54, 1.807) is 7.11 Å². The molecule has 0 aliphatic heterocycles. The third-order valence-corrected chi connectivity index (χ3v) is 3.01. The summed E-state index contributed by atoms with van der Waals surface area (Å²) in [7, 11) is 1.69. The average Bonchev–Trinajstić information content (AvgIpc) is 2.33. The highest BCUT2D eigenvalue weighted by atomic mass is 16.5. The highest BCUT2D eigenvalue weighted by Gasteiger charge is 2.03. The molecular formula is C15H16O. The van der Waals surface area contributed by atoms with Crippen molar-refractivity contribution in [3.63, 3.8) is 0 Å². The van der Waals surface area contributed by atoms with Crippen molar-refractivity contribution in [2.75, 3.05) is 7.11 Å². The molecule has 0 heterocycles. The number of aryl methyl sites for hydroxylation is 1. The molecule has 0 spiro atoms. The van der Waals surface area contributed by atoms with Crippen LogP contribution in [0.5, 0.6) is 5.75 Å². The minimum absolute atomic E-state index is 0.897. The van der Waals surface area contributed by atoms with E-state index in [9.17, 15) is 0 Å². The molecule has 1 nitrogen and oxygen atoms in total. The Morgan fingerprint density at radius 2 is 1.56 bits per heavy atom. The van der Waals surface area contributed by atoms with Gasteiger partial charge in [-0.1, -0.05) is 30.3 Å². The molecule has 0 saturated heterocycles. The fourth-order valence-corrected chi connectivity index (χ4v) is 1.83. The van der Waals surface area contributed by atoms with Crippen LogP contribution in [0.1, 0.15) is 11.1 Å². The predicted molar refractivity (Wildman–Crippen MR) is 67.9 cm³/mol. The maximum atomic E-state index is 5.16. The van der Waals surface area contributed by atoms with Gasteiger partial charge in [0.15, 0.2) is 0 Å². The van der Waals surface area contributed by atoms with Gasteiger partial charge in [0.1, 0.15) is 5.75 Å². The average molecular weight is 212 g/mol. The zero-order chi connectivity index (χ0) is 11.5. The van der Waals surface area contributed by atoms with Crippen molar-refractivity contribution in [3.05, 3.63) is 53.6 Å². The summed E-state index contributed by atoms with van der Waals surface area (Å²) in [4.78, 5) is 0. The number of hydrogen-bond donors (Lipinski definition) is 0. The molecule has 0 amide bonds. The zero-order valence-corrected chi connectivity index (χ0v) is 9.95. The van der Waals surface area contributed by atoms with Gasteiger partial charge >= 0.3 is 0 Å². The third kappa shape index (κ3) is 1.94. The summed E-state index contributed by atoms with van der Waals surface area (Å²) in [5.74, 6) is 0.897. The Balaban J connectivity index is 2.46. The van der Waals surface area contributed by atoms with E-state index < -0.39 is 0 Å². The Kier molecular flexibility index (Phi) is 2.95. The van der Waals surface area contributed by atoms with Gasteiger partial charge in [-0.2, -0.15) is 0 Å². The van der Waals surface area contributed by atoms with Crippen molar-refractivity contribution < 1.29 is 4.74 Å². The zero-order valence-electron chi connectivity index (χ0n) is 9.95. The monoisotopic (exact) mass is 212 g/mol. The van der Waals surface area contributed by atoms with Crippen molar-refractivity contribution in [1.29, 1.82) is 0 Å². The molecule has 0 unspecified atom stereocenters. The SMILES string of the molecule is COc1ccc(-c2cccc(C)c2C)cc1. The molecule has 2 rings (SSSR count). The van der Waals surface area contributed by atoms with Crippen LogP contribution in [0.4, 0.5) is 0 Å². The Morgan fingerprint density at radius 3 is 2.19 bits per heavy atom. The molecule has 16 heavy (non-hydrogen) atoms. The summed E-state index contributed by atoms with van der Waals surface area (Å²) in [5.41, 5.74) is 5.20. The van der Waals surface area contributed by atoms with E-state index in [4.69, 9.17) is 4.74 Å². The van der Waals surface area contributed by atoms with E-state index in [0.29, 0.717) is 0 Å². The minimum Gasteiger partial charge on any atom is -0.497 e. The second kappa shape index (κ2) is 4.40. The molecule has 0 fully saturated rings. The van der Waals surface area contributed by atoms with Crippen molar-refractivity contribution in [2.24, 2.45) is 0 Å². The van der Waals surface area contributed by atoms with Gasteiger partial charge in [-0.15, -0.1) is 0 Å². The molecule has 0 radical (unpaired) electrons. The fourth-order valence-electron chi connectivity index (χ4n) is 1.83.